The van der Waals surface area contributed by atoms with Crippen LogP contribution in [0.1, 0.15) is 55.9 Å². The Kier molecular flexibility index (Phi) is 6.52. The molecule has 1 aliphatic carbocycles. The van der Waals surface area contributed by atoms with Crippen molar-refractivity contribution in [3.63, 3.8) is 0 Å². The molecule has 1 heterocycles. The minimum atomic E-state index is -0.801. The van der Waals surface area contributed by atoms with Crippen molar-refractivity contribution in [1.29, 1.82) is 0 Å². The molecule has 1 atom stereocenters. The first-order chi connectivity index (χ1) is 15.0. The molecular weight excluding hydrogens is 388 g/mol. The Bertz CT molecular complexity index is 1130. The zero-order valence-electron chi connectivity index (χ0n) is 18.0. The molecule has 0 bridgehead atoms. The molecule has 162 valence electrons. The molecule has 1 amide bonds. The predicted octanol–water partition coefficient (Wildman–Crippen LogP) is 4.95. The molecule has 3 aromatic rings. The number of pyridine rings is 1. The van der Waals surface area contributed by atoms with Gasteiger partial charge in [0.05, 0.1) is 0 Å². The molecule has 1 unspecified atom stereocenters. The van der Waals surface area contributed by atoms with E-state index in [1.165, 1.54) is 16.6 Å². The van der Waals surface area contributed by atoms with Gasteiger partial charge >= 0.3 is 0 Å². The van der Waals surface area contributed by atoms with E-state index >= 15 is 0 Å². The number of hydrogen-bond donors (Lipinski definition) is 2. The molecule has 0 aliphatic heterocycles. The predicted molar refractivity (Wildman–Crippen MR) is 124 cm³/mol. The summed E-state index contributed by atoms with van der Waals surface area (Å²) < 4.78 is 1.45. The number of benzene rings is 2. The second-order valence-corrected chi connectivity index (χ2v) is 8.64. The molecule has 5 nitrogen and oxygen atoms in total. The van der Waals surface area contributed by atoms with E-state index in [9.17, 15) is 14.7 Å². The van der Waals surface area contributed by atoms with E-state index in [4.69, 9.17) is 0 Å². The fourth-order valence-corrected chi connectivity index (χ4v) is 4.61. The summed E-state index contributed by atoms with van der Waals surface area (Å²) in [4.78, 5) is 25.6. The molecule has 2 N–H and O–H groups in total. The lowest BCUT2D eigenvalue weighted by Gasteiger charge is -2.28. The van der Waals surface area contributed by atoms with Crippen molar-refractivity contribution in [3.8, 4) is 0 Å². The van der Waals surface area contributed by atoms with Gasteiger partial charge in [-0.25, -0.2) is 0 Å². The summed E-state index contributed by atoms with van der Waals surface area (Å²) in [6, 6.07) is 15.3. The van der Waals surface area contributed by atoms with E-state index in [2.05, 4.69) is 11.4 Å². The zero-order valence-corrected chi connectivity index (χ0v) is 18.0. The number of aliphatic hydroxyl groups is 1. The zero-order chi connectivity index (χ0) is 21.8. The number of aliphatic hydroxyl groups excluding tert-OH is 1. The van der Waals surface area contributed by atoms with E-state index in [0.29, 0.717) is 29.3 Å². The number of nitrogens with zero attached hydrogens (tertiary/aromatic N) is 1. The van der Waals surface area contributed by atoms with Gasteiger partial charge in [0, 0.05) is 35.0 Å². The molecule has 0 spiro atoms. The fraction of sp³-hybridized carbons (Fsp3) is 0.385. The second-order valence-electron chi connectivity index (χ2n) is 8.64. The number of anilines is 1. The standard InChI is InChI=1S/C26H30N2O3/c1-18-7-5-8-19(17-18)13-14-24(29)27-23-12-6-11-22-21(23)15-16-28(26(22)31)25(30)20-9-3-2-4-10-20/h5-8,11-12,15-17,20,25,30H,2-4,9-10,13-14H2,1H3,(H,27,29). The first-order valence-electron chi connectivity index (χ1n) is 11.2. The molecule has 2 aromatic carbocycles. The molecule has 0 saturated heterocycles. The maximum absolute atomic E-state index is 13.1. The lowest BCUT2D eigenvalue weighted by Crippen LogP contribution is -2.30. The van der Waals surface area contributed by atoms with Crippen LogP contribution in [0.15, 0.2) is 59.5 Å². The van der Waals surface area contributed by atoms with E-state index in [0.717, 1.165) is 31.2 Å². The van der Waals surface area contributed by atoms with Crippen LogP contribution in [0.4, 0.5) is 5.69 Å². The van der Waals surface area contributed by atoms with Gasteiger partial charge in [0.2, 0.25) is 5.91 Å². The van der Waals surface area contributed by atoms with Crippen LogP contribution in [0.2, 0.25) is 0 Å². The van der Waals surface area contributed by atoms with Crippen LogP contribution in [0.3, 0.4) is 0 Å². The van der Waals surface area contributed by atoms with Gasteiger partial charge in [-0.3, -0.25) is 14.2 Å². The third-order valence-corrected chi connectivity index (χ3v) is 6.33. The van der Waals surface area contributed by atoms with Crippen molar-refractivity contribution in [2.45, 2.75) is 58.1 Å². The summed E-state index contributed by atoms with van der Waals surface area (Å²) in [5, 5.41) is 15.0. The van der Waals surface area contributed by atoms with Crippen LogP contribution in [-0.4, -0.2) is 15.6 Å². The van der Waals surface area contributed by atoms with Gasteiger partial charge in [0.1, 0.15) is 6.23 Å². The number of rotatable bonds is 6. The molecule has 1 saturated carbocycles. The summed E-state index contributed by atoms with van der Waals surface area (Å²) in [5.74, 6) is 0.0360. The Morgan fingerprint density at radius 2 is 1.87 bits per heavy atom. The van der Waals surface area contributed by atoms with Gasteiger partial charge in [-0.2, -0.15) is 0 Å². The molecule has 0 radical (unpaired) electrons. The highest BCUT2D eigenvalue weighted by Gasteiger charge is 2.24. The number of aryl methyl sites for hydroxylation is 2. The second kappa shape index (κ2) is 9.48. The third-order valence-electron chi connectivity index (χ3n) is 6.33. The lowest BCUT2D eigenvalue weighted by atomic mass is 9.88. The fourth-order valence-electron chi connectivity index (χ4n) is 4.61. The minimum absolute atomic E-state index is 0.0829. The number of hydrogen-bond acceptors (Lipinski definition) is 3. The van der Waals surface area contributed by atoms with Crippen LogP contribution in [0, 0.1) is 12.8 Å². The number of carbonyl (C=O) groups excluding carboxylic acids is 1. The summed E-state index contributed by atoms with van der Waals surface area (Å²) >= 11 is 0. The van der Waals surface area contributed by atoms with E-state index < -0.39 is 6.23 Å². The van der Waals surface area contributed by atoms with Crippen molar-refractivity contribution >= 4 is 22.4 Å². The highest BCUT2D eigenvalue weighted by molar-refractivity contribution is 6.01. The summed E-state index contributed by atoms with van der Waals surface area (Å²) in [7, 11) is 0. The Morgan fingerprint density at radius 3 is 2.65 bits per heavy atom. The van der Waals surface area contributed by atoms with Crippen molar-refractivity contribution in [1.82, 2.24) is 4.57 Å². The third kappa shape index (κ3) is 4.88. The van der Waals surface area contributed by atoms with Gasteiger partial charge in [0.15, 0.2) is 0 Å². The summed E-state index contributed by atoms with van der Waals surface area (Å²) in [5.41, 5.74) is 2.72. The van der Waals surface area contributed by atoms with E-state index in [1.54, 1.807) is 18.3 Å². The monoisotopic (exact) mass is 418 g/mol. The van der Waals surface area contributed by atoms with Crippen molar-refractivity contribution in [2.75, 3.05) is 5.32 Å². The van der Waals surface area contributed by atoms with Gasteiger partial charge in [-0.05, 0) is 49.9 Å². The molecule has 1 fully saturated rings. The molecule has 31 heavy (non-hydrogen) atoms. The number of nitrogens with one attached hydrogen (secondary N) is 1. The van der Waals surface area contributed by atoms with Crippen molar-refractivity contribution in [2.24, 2.45) is 5.92 Å². The number of fused-ring (bicyclic) bond motifs is 1. The van der Waals surface area contributed by atoms with Crippen LogP contribution in [0.5, 0.6) is 0 Å². The Labute approximate surface area is 182 Å². The van der Waals surface area contributed by atoms with Crippen LogP contribution in [-0.2, 0) is 11.2 Å². The van der Waals surface area contributed by atoms with Gasteiger partial charge < -0.3 is 10.4 Å². The average molecular weight is 419 g/mol. The normalized spacial score (nSPS) is 15.7. The van der Waals surface area contributed by atoms with Crippen molar-refractivity contribution in [3.05, 3.63) is 76.2 Å². The van der Waals surface area contributed by atoms with Crippen LogP contribution < -0.4 is 10.9 Å². The Balaban J connectivity index is 1.51. The number of amides is 1. The first kappa shape index (κ1) is 21.3. The Hall–Kier alpha value is -2.92. The number of carbonyl (C=O) groups is 1. The maximum Gasteiger partial charge on any atom is 0.260 e. The van der Waals surface area contributed by atoms with Gasteiger partial charge in [0.25, 0.3) is 5.56 Å². The molecule has 1 aromatic heterocycles. The summed E-state index contributed by atoms with van der Waals surface area (Å²) in [6.07, 6.45) is 7.19. The minimum Gasteiger partial charge on any atom is -0.373 e. The highest BCUT2D eigenvalue weighted by Crippen LogP contribution is 2.31. The molecule has 1 aliphatic rings. The van der Waals surface area contributed by atoms with Crippen LogP contribution in [0.25, 0.3) is 10.8 Å². The van der Waals surface area contributed by atoms with Gasteiger partial charge in [-0.15, -0.1) is 0 Å². The van der Waals surface area contributed by atoms with E-state index in [-0.39, 0.29) is 17.4 Å². The van der Waals surface area contributed by atoms with Crippen molar-refractivity contribution < 1.29 is 9.90 Å². The SMILES string of the molecule is Cc1cccc(CCC(=O)Nc2cccc3c(=O)n(C(O)C4CCCCC4)ccc23)c1. The molecular formula is C26H30N2O3. The first-order valence-corrected chi connectivity index (χ1v) is 11.2. The largest absolute Gasteiger partial charge is 0.373 e. The average Bonchev–Trinajstić information content (AvgIpc) is 2.79. The topological polar surface area (TPSA) is 71.3 Å². The smallest absolute Gasteiger partial charge is 0.260 e. The van der Waals surface area contributed by atoms with Crippen LogP contribution >= 0.6 is 0 Å². The lowest BCUT2D eigenvalue weighted by molar-refractivity contribution is -0.116. The van der Waals surface area contributed by atoms with E-state index in [1.807, 2.05) is 37.3 Å². The quantitative estimate of drug-likeness (QED) is 0.595. The highest BCUT2D eigenvalue weighted by atomic mass is 16.3. The number of aromatic nitrogens is 1. The summed E-state index contributed by atoms with van der Waals surface area (Å²) in [6.45, 7) is 2.04. The Morgan fingerprint density at radius 1 is 1.10 bits per heavy atom. The maximum atomic E-state index is 13.1. The van der Waals surface area contributed by atoms with Gasteiger partial charge in [-0.1, -0.05) is 55.2 Å². The molecule has 4 rings (SSSR count). The molecule has 5 heteroatoms.